The Morgan fingerprint density at radius 3 is 2.57 bits per heavy atom. The van der Waals surface area contributed by atoms with Gasteiger partial charge in [-0.25, -0.2) is 0 Å². The van der Waals surface area contributed by atoms with Crippen molar-refractivity contribution >= 4 is 18.2 Å². The lowest BCUT2D eigenvalue weighted by molar-refractivity contribution is -0.199. The van der Waals surface area contributed by atoms with Gasteiger partial charge in [0, 0.05) is 20.6 Å². The van der Waals surface area contributed by atoms with Gasteiger partial charge in [0.25, 0.3) is 5.79 Å². The molecule has 0 spiro atoms. The molecule has 30 heavy (non-hydrogen) atoms. The highest BCUT2D eigenvalue weighted by Gasteiger charge is 2.45. The lowest BCUT2D eigenvalue weighted by Crippen LogP contribution is -2.49. The number of benzene rings is 1. The Labute approximate surface area is 175 Å². The Kier molecular flexibility index (Phi) is 6.26. The topological polar surface area (TPSA) is 91.4 Å². The van der Waals surface area contributed by atoms with Crippen molar-refractivity contribution in [2.75, 3.05) is 27.9 Å². The minimum absolute atomic E-state index is 0.350. The largest absolute Gasteiger partial charge is 0.493 e. The average Bonchev–Trinajstić information content (AvgIpc) is 2.74. The van der Waals surface area contributed by atoms with Gasteiger partial charge in [-0.3, -0.25) is 14.4 Å². The summed E-state index contributed by atoms with van der Waals surface area (Å²) >= 11 is 0. The van der Waals surface area contributed by atoms with E-state index in [1.165, 1.54) is 20.1 Å². The van der Waals surface area contributed by atoms with E-state index in [1.807, 2.05) is 12.1 Å². The first-order valence-electron chi connectivity index (χ1n) is 9.52. The molecule has 8 nitrogen and oxygen atoms in total. The fraction of sp³-hybridized carbons (Fsp3) is 0.409. The number of amides is 1. The lowest BCUT2D eigenvalue weighted by atomic mass is 9.81. The van der Waals surface area contributed by atoms with Crippen molar-refractivity contribution in [3.63, 3.8) is 0 Å². The average molecular weight is 415 g/mol. The van der Waals surface area contributed by atoms with Gasteiger partial charge in [0.1, 0.15) is 0 Å². The molecule has 2 unspecified atom stereocenters. The van der Waals surface area contributed by atoms with Crippen LogP contribution in [0.5, 0.6) is 11.5 Å². The third kappa shape index (κ3) is 3.95. The van der Waals surface area contributed by atoms with Crippen molar-refractivity contribution in [1.29, 1.82) is 0 Å². The number of piperidine rings is 1. The molecule has 8 heteroatoms. The number of hydrogen-bond acceptors (Lipinski definition) is 7. The van der Waals surface area contributed by atoms with Gasteiger partial charge in [-0.05, 0) is 53.8 Å². The summed E-state index contributed by atoms with van der Waals surface area (Å²) in [6.07, 6.45) is 4.76. The zero-order chi connectivity index (χ0) is 21.9. The van der Waals surface area contributed by atoms with Crippen LogP contribution in [0.15, 0.2) is 41.5 Å². The van der Waals surface area contributed by atoms with Crippen LogP contribution in [-0.4, -0.2) is 62.8 Å². The molecule has 0 saturated carbocycles. The molecule has 3 rings (SSSR count). The molecule has 2 aliphatic rings. The molecule has 1 aromatic carbocycles. The Morgan fingerprint density at radius 2 is 1.97 bits per heavy atom. The van der Waals surface area contributed by atoms with Gasteiger partial charge in [0.2, 0.25) is 12.2 Å². The number of methoxy groups -OCH3 is 3. The Hall–Kier alpha value is -3.13. The highest BCUT2D eigenvalue weighted by molar-refractivity contribution is 6.01. The van der Waals surface area contributed by atoms with E-state index in [0.29, 0.717) is 36.5 Å². The maximum Gasteiger partial charge on any atom is 0.305 e. The van der Waals surface area contributed by atoms with E-state index in [2.05, 4.69) is 0 Å². The van der Waals surface area contributed by atoms with Gasteiger partial charge < -0.3 is 23.8 Å². The second-order valence-electron chi connectivity index (χ2n) is 7.10. The fourth-order valence-corrected chi connectivity index (χ4v) is 3.91. The molecule has 1 fully saturated rings. The Balaban J connectivity index is 1.96. The molecule has 1 heterocycles. The number of esters is 1. The predicted molar refractivity (Wildman–Crippen MR) is 107 cm³/mol. The van der Waals surface area contributed by atoms with Crippen LogP contribution in [0, 0.1) is 0 Å². The van der Waals surface area contributed by atoms with Crippen LogP contribution in [0.1, 0.15) is 18.9 Å². The number of likely N-dealkylation sites (tertiary alicyclic amines) is 1. The number of fused-ring (bicyclic) bond motifs is 1. The summed E-state index contributed by atoms with van der Waals surface area (Å²) in [6, 6.07) is 5.20. The second kappa shape index (κ2) is 8.71. The van der Waals surface area contributed by atoms with Crippen LogP contribution >= 0.6 is 0 Å². The monoisotopic (exact) mass is 415 g/mol. The molecular weight excluding hydrogens is 390 g/mol. The molecular formula is C22H25NO7. The number of hydrogen-bond donors (Lipinski definition) is 0. The molecule has 1 aromatic rings. The zero-order valence-corrected chi connectivity index (χ0v) is 17.5. The summed E-state index contributed by atoms with van der Waals surface area (Å²) in [5.41, 5.74) is 2.46. The van der Waals surface area contributed by atoms with E-state index in [1.54, 1.807) is 31.3 Å². The number of carbonyl (C=O) groups is 3. The van der Waals surface area contributed by atoms with Gasteiger partial charge in [0.15, 0.2) is 11.5 Å². The molecule has 0 aromatic heterocycles. The van der Waals surface area contributed by atoms with E-state index >= 15 is 0 Å². The Morgan fingerprint density at radius 1 is 1.23 bits per heavy atom. The number of ketones is 1. The molecule has 0 bridgehead atoms. The third-order valence-corrected chi connectivity index (χ3v) is 5.37. The van der Waals surface area contributed by atoms with Crippen LogP contribution in [-0.2, 0) is 30.3 Å². The van der Waals surface area contributed by atoms with Crippen molar-refractivity contribution in [3.8, 4) is 11.5 Å². The molecule has 1 saturated heterocycles. The van der Waals surface area contributed by atoms with Crippen molar-refractivity contribution in [1.82, 2.24) is 4.90 Å². The zero-order valence-electron chi connectivity index (χ0n) is 17.5. The van der Waals surface area contributed by atoms with Gasteiger partial charge in [-0.1, -0.05) is 6.07 Å². The first-order chi connectivity index (χ1) is 14.4. The predicted octanol–water partition coefficient (Wildman–Crippen LogP) is 1.82. The highest BCUT2D eigenvalue weighted by Crippen LogP contribution is 2.37. The van der Waals surface area contributed by atoms with Crippen molar-refractivity contribution in [2.45, 2.75) is 31.6 Å². The molecule has 1 amide bonds. The van der Waals surface area contributed by atoms with Crippen LogP contribution in [0.3, 0.4) is 0 Å². The van der Waals surface area contributed by atoms with E-state index < -0.39 is 17.5 Å². The van der Waals surface area contributed by atoms with Crippen LogP contribution in [0.25, 0.3) is 0 Å². The van der Waals surface area contributed by atoms with Gasteiger partial charge in [0.05, 0.1) is 20.3 Å². The smallest absolute Gasteiger partial charge is 0.305 e. The van der Waals surface area contributed by atoms with Gasteiger partial charge in [-0.15, -0.1) is 0 Å². The standard InChI is InChI=1S/C22H25NO7/c1-14(25)30-22(29-4)12-16-7-8-23(13-24)18(17(16)11-21(22)26)9-15-5-6-19(27-2)20(10-15)28-3/h5-6,10-13,18H,7-9H2,1-4H3. The minimum atomic E-state index is -1.76. The normalized spacial score (nSPS) is 23.1. The summed E-state index contributed by atoms with van der Waals surface area (Å²) in [4.78, 5) is 37.8. The van der Waals surface area contributed by atoms with Gasteiger partial charge in [-0.2, -0.15) is 0 Å². The maximum atomic E-state index is 12.8. The first kappa shape index (κ1) is 21.6. The van der Waals surface area contributed by atoms with Crippen molar-refractivity contribution < 1.29 is 33.3 Å². The molecule has 2 atom stereocenters. The summed E-state index contributed by atoms with van der Waals surface area (Å²) < 4.78 is 21.1. The summed E-state index contributed by atoms with van der Waals surface area (Å²) in [6.45, 7) is 1.69. The van der Waals surface area contributed by atoms with E-state index in [9.17, 15) is 14.4 Å². The van der Waals surface area contributed by atoms with Crippen molar-refractivity contribution in [3.05, 3.63) is 47.1 Å². The summed E-state index contributed by atoms with van der Waals surface area (Å²) in [7, 11) is 4.44. The molecule has 1 aliphatic heterocycles. The van der Waals surface area contributed by atoms with E-state index in [0.717, 1.165) is 17.5 Å². The van der Waals surface area contributed by atoms with E-state index in [-0.39, 0.29) is 6.04 Å². The SMILES string of the molecule is COc1ccc(CC2C3=CC(=O)C(OC)(OC(C)=O)C=C3CCN2C=O)cc1OC. The van der Waals surface area contributed by atoms with E-state index in [4.69, 9.17) is 18.9 Å². The number of rotatable bonds is 7. The fourth-order valence-electron chi connectivity index (χ4n) is 3.91. The second-order valence-corrected chi connectivity index (χ2v) is 7.10. The van der Waals surface area contributed by atoms with Crippen LogP contribution in [0.4, 0.5) is 0 Å². The lowest BCUT2D eigenvalue weighted by Gasteiger charge is -2.40. The molecule has 160 valence electrons. The number of ether oxygens (including phenoxy) is 4. The van der Waals surface area contributed by atoms with Gasteiger partial charge >= 0.3 is 5.97 Å². The first-order valence-corrected chi connectivity index (χ1v) is 9.52. The minimum Gasteiger partial charge on any atom is -0.493 e. The summed E-state index contributed by atoms with van der Waals surface area (Å²) in [5.74, 6) is -1.69. The number of nitrogens with zero attached hydrogens (tertiary/aromatic N) is 1. The van der Waals surface area contributed by atoms with Crippen LogP contribution < -0.4 is 9.47 Å². The van der Waals surface area contributed by atoms with Crippen LogP contribution in [0.2, 0.25) is 0 Å². The molecule has 1 aliphatic carbocycles. The Bertz CT molecular complexity index is 920. The maximum absolute atomic E-state index is 12.8. The molecule has 0 radical (unpaired) electrons. The highest BCUT2D eigenvalue weighted by atomic mass is 16.7. The quantitative estimate of drug-likeness (QED) is 0.381. The third-order valence-electron chi connectivity index (χ3n) is 5.37. The van der Waals surface area contributed by atoms with Crippen molar-refractivity contribution in [2.24, 2.45) is 0 Å². The number of carbonyl (C=O) groups excluding carboxylic acids is 3. The molecule has 0 N–H and O–H groups in total. The summed E-state index contributed by atoms with van der Waals surface area (Å²) in [5, 5.41) is 0.